The van der Waals surface area contributed by atoms with E-state index in [0.717, 1.165) is 34.2 Å². The number of benzene rings is 2. The average Bonchev–Trinajstić information content (AvgIpc) is 3.02. The third-order valence-corrected chi connectivity index (χ3v) is 4.31. The number of methoxy groups -OCH3 is 1. The van der Waals surface area contributed by atoms with Crippen molar-refractivity contribution in [3.63, 3.8) is 0 Å². The highest BCUT2D eigenvalue weighted by Gasteiger charge is 2.05. The van der Waals surface area contributed by atoms with E-state index in [4.69, 9.17) is 17.0 Å². The van der Waals surface area contributed by atoms with Gasteiger partial charge in [0.1, 0.15) is 11.6 Å². The fourth-order valence-electron chi connectivity index (χ4n) is 2.66. The second kappa shape index (κ2) is 7.98. The fourth-order valence-corrected chi connectivity index (χ4v) is 2.84. The number of thiocarbonyl (C=S) groups is 1. The van der Waals surface area contributed by atoms with Gasteiger partial charge in [-0.1, -0.05) is 12.1 Å². The van der Waals surface area contributed by atoms with Gasteiger partial charge in [0.2, 0.25) is 0 Å². The molecule has 0 aliphatic rings. The van der Waals surface area contributed by atoms with Gasteiger partial charge in [0.15, 0.2) is 5.11 Å². The summed E-state index contributed by atoms with van der Waals surface area (Å²) < 4.78 is 18.3. The van der Waals surface area contributed by atoms with Crippen LogP contribution in [0.2, 0.25) is 0 Å². The predicted molar refractivity (Wildman–Crippen MR) is 102 cm³/mol. The Morgan fingerprint density at radius 3 is 2.72 bits per heavy atom. The number of fused-ring (bicyclic) bond motifs is 1. The third kappa shape index (κ3) is 4.48. The summed E-state index contributed by atoms with van der Waals surface area (Å²) in [5.41, 5.74) is 3.08. The van der Waals surface area contributed by atoms with Gasteiger partial charge in [-0.15, -0.1) is 0 Å². The molecule has 1 aromatic heterocycles. The number of hydrogen-bond acceptors (Lipinski definition) is 2. The average molecular weight is 357 g/mol. The van der Waals surface area contributed by atoms with E-state index in [0.29, 0.717) is 18.2 Å². The number of rotatable bonds is 6. The van der Waals surface area contributed by atoms with Crippen molar-refractivity contribution in [3.8, 4) is 5.75 Å². The van der Waals surface area contributed by atoms with Crippen molar-refractivity contribution < 1.29 is 9.13 Å². The summed E-state index contributed by atoms with van der Waals surface area (Å²) >= 11 is 5.31. The van der Waals surface area contributed by atoms with E-state index < -0.39 is 0 Å². The molecule has 0 radical (unpaired) electrons. The van der Waals surface area contributed by atoms with Crippen LogP contribution >= 0.6 is 12.2 Å². The van der Waals surface area contributed by atoms with Crippen LogP contribution in [-0.4, -0.2) is 23.8 Å². The molecule has 0 amide bonds. The summed E-state index contributed by atoms with van der Waals surface area (Å²) in [4.78, 5) is 3.10. The molecule has 6 heteroatoms. The number of H-pyrrole nitrogens is 1. The zero-order valence-corrected chi connectivity index (χ0v) is 14.8. The Bertz CT molecular complexity index is 861. The fraction of sp³-hybridized carbons (Fsp3) is 0.211. The second-order valence-electron chi connectivity index (χ2n) is 5.71. The first kappa shape index (κ1) is 17.2. The minimum Gasteiger partial charge on any atom is -0.497 e. The Morgan fingerprint density at radius 1 is 1.16 bits per heavy atom. The van der Waals surface area contributed by atoms with Crippen molar-refractivity contribution in [3.05, 3.63) is 65.6 Å². The molecule has 3 aromatic rings. The largest absolute Gasteiger partial charge is 0.497 e. The van der Waals surface area contributed by atoms with Crippen LogP contribution in [0.5, 0.6) is 5.75 Å². The number of aromatic nitrogens is 1. The summed E-state index contributed by atoms with van der Waals surface area (Å²) in [6.07, 6.45) is 2.72. The Labute approximate surface area is 151 Å². The Hall–Kier alpha value is -2.60. The number of nitrogens with one attached hydrogen (secondary N) is 3. The molecule has 0 aliphatic heterocycles. The Morgan fingerprint density at radius 2 is 1.96 bits per heavy atom. The number of aromatic amines is 1. The standard InChI is InChI=1S/C19H20FN3OS/c1-24-16-5-2-13(3-6-16)11-23-19(25)21-9-8-14-12-22-18-10-15(20)4-7-17(14)18/h2-7,10,12,22H,8-9,11H2,1H3,(H2,21,23,25). The summed E-state index contributed by atoms with van der Waals surface area (Å²) in [6, 6.07) is 12.6. The van der Waals surface area contributed by atoms with Crippen molar-refractivity contribution in [2.45, 2.75) is 13.0 Å². The number of ether oxygens (including phenoxy) is 1. The first-order chi connectivity index (χ1) is 12.2. The summed E-state index contributed by atoms with van der Waals surface area (Å²) in [5.74, 6) is 0.603. The highest BCUT2D eigenvalue weighted by atomic mass is 32.1. The predicted octanol–water partition coefficient (Wildman–Crippen LogP) is 3.52. The molecular formula is C19H20FN3OS. The van der Waals surface area contributed by atoms with E-state index >= 15 is 0 Å². The van der Waals surface area contributed by atoms with Crippen LogP contribution in [0.4, 0.5) is 4.39 Å². The van der Waals surface area contributed by atoms with Crippen molar-refractivity contribution in [2.75, 3.05) is 13.7 Å². The van der Waals surface area contributed by atoms with Crippen molar-refractivity contribution in [1.82, 2.24) is 15.6 Å². The maximum Gasteiger partial charge on any atom is 0.166 e. The lowest BCUT2D eigenvalue weighted by molar-refractivity contribution is 0.414. The Balaban J connectivity index is 1.45. The molecule has 0 atom stereocenters. The summed E-state index contributed by atoms with van der Waals surface area (Å²) in [7, 11) is 1.65. The lowest BCUT2D eigenvalue weighted by atomic mass is 10.1. The quantitative estimate of drug-likeness (QED) is 0.591. The van der Waals surface area contributed by atoms with Gasteiger partial charge < -0.3 is 20.4 Å². The molecule has 0 saturated heterocycles. The maximum atomic E-state index is 13.2. The van der Waals surface area contributed by atoms with Crippen LogP contribution in [0, 0.1) is 5.82 Å². The van der Waals surface area contributed by atoms with E-state index in [-0.39, 0.29) is 5.82 Å². The second-order valence-corrected chi connectivity index (χ2v) is 6.12. The first-order valence-electron chi connectivity index (χ1n) is 8.06. The smallest absolute Gasteiger partial charge is 0.166 e. The summed E-state index contributed by atoms with van der Waals surface area (Å²) in [6.45, 7) is 1.36. The molecule has 1 heterocycles. The molecule has 0 bridgehead atoms. The lowest BCUT2D eigenvalue weighted by Gasteiger charge is -2.10. The van der Waals surface area contributed by atoms with Crippen LogP contribution in [0.1, 0.15) is 11.1 Å². The minimum atomic E-state index is -0.233. The van der Waals surface area contributed by atoms with Crippen LogP contribution < -0.4 is 15.4 Å². The highest BCUT2D eigenvalue weighted by molar-refractivity contribution is 7.80. The van der Waals surface area contributed by atoms with Crippen LogP contribution in [-0.2, 0) is 13.0 Å². The van der Waals surface area contributed by atoms with Crippen LogP contribution in [0.25, 0.3) is 10.9 Å². The molecule has 0 unspecified atom stereocenters. The van der Waals surface area contributed by atoms with E-state index in [1.807, 2.05) is 30.5 Å². The first-order valence-corrected chi connectivity index (χ1v) is 8.46. The molecule has 130 valence electrons. The van der Waals surface area contributed by atoms with E-state index in [1.54, 1.807) is 13.2 Å². The zero-order valence-electron chi connectivity index (χ0n) is 13.9. The molecule has 0 fully saturated rings. The van der Waals surface area contributed by atoms with Gasteiger partial charge >= 0.3 is 0 Å². The van der Waals surface area contributed by atoms with Crippen molar-refractivity contribution in [2.24, 2.45) is 0 Å². The SMILES string of the molecule is COc1ccc(CNC(=S)NCCc2c[nH]c3cc(F)ccc23)cc1. The van der Waals surface area contributed by atoms with Gasteiger partial charge in [0.25, 0.3) is 0 Å². The van der Waals surface area contributed by atoms with Crippen LogP contribution in [0.3, 0.4) is 0 Å². The lowest BCUT2D eigenvalue weighted by Crippen LogP contribution is -2.35. The molecule has 0 aliphatic carbocycles. The highest BCUT2D eigenvalue weighted by Crippen LogP contribution is 2.19. The molecule has 0 saturated carbocycles. The molecule has 3 N–H and O–H groups in total. The topological polar surface area (TPSA) is 49.1 Å². The normalized spacial score (nSPS) is 10.6. The van der Waals surface area contributed by atoms with Crippen LogP contribution in [0.15, 0.2) is 48.7 Å². The van der Waals surface area contributed by atoms with E-state index in [9.17, 15) is 4.39 Å². The van der Waals surface area contributed by atoms with Gasteiger partial charge in [0, 0.05) is 30.2 Å². The monoisotopic (exact) mass is 357 g/mol. The van der Waals surface area contributed by atoms with Gasteiger partial charge in [-0.2, -0.15) is 0 Å². The van der Waals surface area contributed by atoms with E-state index in [1.165, 1.54) is 12.1 Å². The minimum absolute atomic E-state index is 0.233. The maximum absolute atomic E-state index is 13.2. The van der Waals surface area contributed by atoms with Crippen molar-refractivity contribution >= 4 is 28.2 Å². The van der Waals surface area contributed by atoms with Gasteiger partial charge in [-0.3, -0.25) is 0 Å². The molecule has 0 spiro atoms. The molecule has 4 nitrogen and oxygen atoms in total. The summed E-state index contributed by atoms with van der Waals surface area (Å²) in [5, 5.41) is 8.04. The molecule has 25 heavy (non-hydrogen) atoms. The van der Waals surface area contributed by atoms with Crippen molar-refractivity contribution in [1.29, 1.82) is 0 Å². The molecule has 2 aromatic carbocycles. The Kier molecular flexibility index (Phi) is 5.50. The molecular weight excluding hydrogens is 337 g/mol. The van der Waals surface area contributed by atoms with Gasteiger partial charge in [-0.05, 0) is 60.1 Å². The van der Waals surface area contributed by atoms with E-state index in [2.05, 4.69) is 15.6 Å². The third-order valence-electron chi connectivity index (χ3n) is 4.02. The van der Waals surface area contributed by atoms with Gasteiger partial charge in [-0.25, -0.2) is 4.39 Å². The number of halogens is 1. The molecule has 3 rings (SSSR count). The van der Waals surface area contributed by atoms with Gasteiger partial charge in [0.05, 0.1) is 7.11 Å². The number of hydrogen-bond donors (Lipinski definition) is 3. The zero-order chi connectivity index (χ0) is 17.6.